The Morgan fingerprint density at radius 2 is 1.94 bits per heavy atom. The number of carbonyl (C=O) groups is 1. The van der Waals surface area contributed by atoms with Gasteiger partial charge in [-0.15, -0.1) is 12.6 Å². The van der Waals surface area contributed by atoms with Crippen molar-refractivity contribution >= 4 is 18.5 Å². The monoisotopic (exact) mass is 263 g/mol. The van der Waals surface area contributed by atoms with Gasteiger partial charge in [-0.05, 0) is 30.9 Å². The van der Waals surface area contributed by atoms with Gasteiger partial charge < -0.3 is 5.32 Å². The quantitative estimate of drug-likeness (QED) is 0.618. The number of nitrogens with one attached hydrogen (secondary N) is 1. The van der Waals surface area contributed by atoms with Crippen molar-refractivity contribution in [3.8, 4) is 0 Å². The summed E-state index contributed by atoms with van der Waals surface area (Å²) in [5.41, 5.74) is 0.678. The predicted molar refractivity (Wildman–Crippen MR) is 77.2 cm³/mol. The fourth-order valence-corrected chi connectivity index (χ4v) is 2.88. The van der Waals surface area contributed by atoms with Gasteiger partial charge in [0.15, 0.2) is 0 Å². The van der Waals surface area contributed by atoms with Crippen molar-refractivity contribution in [1.82, 2.24) is 5.32 Å². The Morgan fingerprint density at radius 3 is 2.72 bits per heavy atom. The molecule has 0 saturated heterocycles. The number of hydrogen-bond acceptors (Lipinski definition) is 2. The lowest BCUT2D eigenvalue weighted by Crippen LogP contribution is -2.39. The van der Waals surface area contributed by atoms with Crippen LogP contribution in [-0.4, -0.2) is 11.9 Å². The molecule has 18 heavy (non-hydrogen) atoms. The van der Waals surface area contributed by atoms with E-state index >= 15 is 0 Å². The summed E-state index contributed by atoms with van der Waals surface area (Å²) in [6.07, 6.45) is 6.11. The zero-order valence-electron chi connectivity index (χ0n) is 10.9. The maximum atomic E-state index is 12.2. The Bertz CT molecular complexity index is 419. The summed E-state index contributed by atoms with van der Waals surface area (Å²) in [6.45, 7) is 2.24. The van der Waals surface area contributed by atoms with Crippen LogP contribution < -0.4 is 5.32 Å². The molecule has 2 unspecified atom stereocenters. The molecule has 0 aromatic heterocycles. The van der Waals surface area contributed by atoms with E-state index in [0.29, 0.717) is 17.5 Å². The summed E-state index contributed by atoms with van der Waals surface area (Å²) in [5.74, 6) is 0.586. The van der Waals surface area contributed by atoms with Crippen LogP contribution in [0.5, 0.6) is 0 Å². The first kappa shape index (κ1) is 13.5. The minimum absolute atomic E-state index is 0.0133. The first-order valence-corrected chi connectivity index (χ1v) is 7.22. The van der Waals surface area contributed by atoms with E-state index in [4.69, 9.17) is 0 Å². The molecule has 0 aliphatic heterocycles. The van der Waals surface area contributed by atoms with Crippen LogP contribution in [0.3, 0.4) is 0 Å². The Labute approximate surface area is 115 Å². The fraction of sp³-hybridized carbons (Fsp3) is 0.533. The molecule has 1 aromatic carbocycles. The molecule has 3 heteroatoms. The summed E-state index contributed by atoms with van der Waals surface area (Å²) < 4.78 is 0. The van der Waals surface area contributed by atoms with Crippen LogP contribution in [0.15, 0.2) is 29.2 Å². The second-order valence-corrected chi connectivity index (χ2v) is 5.69. The molecular weight excluding hydrogens is 242 g/mol. The average Bonchev–Trinajstić information content (AvgIpc) is 2.55. The molecule has 1 amide bonds. The molecule has 2 rings (SSSR count). The van der Waals surface area contributed by atoms with E-state index in [1.54, 1.807) is 0 Å². The van der Waals surface area contributed by atoms with Gasteiger partial charge in [0.25, 0.3) is 5.91 Å². The maximum Gasteiger partial charge on any atom is 0.252 e. The Kier molecular flexibility index (Phi) is 4.70. The highest BCUT2D eigenvalue weighted by Gasteiger charge is 2.22. The molecular formula is C15H21NOS. The Balaban J connectivity index is 2.04. The summed E-state index contributed by atoms with van der Waals surface area (Å²) in [6, 6.07) is 7.78. The second-order valence-electron chi connectivity index (χ2n) is 5.21. The van der Waals surface area contributed by atoms with E-state index in [9.17, 15) is 4.79 Å². The molecule has 0 bridgehead atoms. The molecule has 2 atom stereocenters. The standard InChI is InChI=1S/C15H21NOS/c1-11-7-3-2-4-9-13(11)16-15(17)12-8-5-6-10-14(12)18/h5-6,8,10-11,13,18H,2-4,7,9H2,1H3,(H,16,17). The minimum atomic E-state index is 0.0133. The maximum absolute atomic E-state index is 12.2. The molecule has 1 aromatic rings. The third-order valence-corrected chi connectivity index (χ3v) is 4.22. The zero-order valence-corrected chi connectivity index (χ0v) is 11.7. The zero-order chi connectivity index (χ0) is 13.0. The summed E-state index contributed by atoms with van der Waals surface area (Å²) in [5, 5.41) is 3.18. The number of rotatable bonds is 2. The van der Waals surface area contributed by atoms with Crippen LogP contribution in [0.4, 0.5) is 0 Å². The smallest absolute Gasteiger partial charge is 0.252 e. The number of carbonyl (C=O) groups excluding carboxylic acids is 1. The third-order valence-electron chi connectivity index (χ3n) is 3.83. The van der Waals surface area contributed by atoms with Crippen LogP contribution in [0.1, 0.15) is 49.4 Å². The molecule has 0 radical (unpaired) electrons. The Morgan fingerprint density at radius 1 is 1.22 bits per heavy atom. The van der Waals surface area contributed by atoms with Gasteiger partial charge in [0.05, 0.1) is 5.56 Å². The lowest BCUT2D eigenvalue weighted by molar-refractivity contribution is 0.0918. The van der Waals surface area contributed by atoms with E-state index in [-0.39, 0.29) is 5.91 Å². The fourth-order valence-electron chi connectivity index (χ4n) is 2.62. The van der Waals surface area contributed by atoms with E-state index < -0.39 is 0 Å². The molecule has 0 spiro atoms. The van der Waals surface area contributed by atoms with Gasteiger partial charge in [0.2, 0.25) is 0 Å². The highest BCUT2D eigenvalue weighted by molar-refractivity contribution is 7.80. The molecule has 1 aliphatic carbocycles. The number of thiol groups is 1. The minimum Gasteiger partial charge on any atom is -0.349 e. The molecule has 1 fully saturated rings. The highest BCUT2D eigenvalue weighted by Crippen LogP contribution is 2.23. The molecule has 1 aliphatic rings. The molecule has 98 valence electrons. The van der Waals surface area contributed by atoms with E-state index in [1.165, 1.54) is 25.7 Å². The SMILES string of the molecule is CC1CCCCCC1NC(=O)c1ccccc1S. The van der Waals surface area contributed by atoms with Crippen molar-refractivity contribution in [1.29, 1.82) is 0 Å². The van der Waals surface area contributed by atoms with Crippen molar-refractivity contribution in [2.45, 2.75) is 50.0 Å². The van der Waals surface area contributed by atoms with E-state index in [0.717, 1.165) is 11.3 Å². The topological polar surface area (TPSA) is 29.1 Å². The van der Waals surface area contributed by atoms with Crippen molar-refractivity contribution in [3.05, 3.63) is 29.8 Å². The van der Waals surface area contributed by atoms with Gasteiger partial charge in [-0.25, -0.2) is 0 Å². The van der Waals surface area contributed by atoms with Gasteiger partial charge in [-0.1, -0.05) is 38.3 Å². The summed E-state index contributed by atoms with van der Waals surface area (Å²) in [4.78, 5) is 13.0. The van der Waals surface area contributed by atoms with Crippen LogP contribution >= 0.6 is 12.6 Å². The van der Waals surface area contributed by atoms with Crippen molar-refractivity contribution in [3.63, 3.8) is 0 Å². The predicted octanol–water partition coefficient (Wildman–Crippen LogP) is 3.67. The summed E-state index contributed by atoms with van der Waals surface area (Å²) >= 11 is 4.34. The van der Waals surface area contributed by atoms with Gasteiger partial charge in [0.1, 0.15) is 0 Å². The molecule has 1 N–H and O–H groups in total. The largest absolute Gasteiger partial charge is 0.349 e. The first-order valence-electron chi connectivity index (χ1n) is 6.77. The number of benzene rings is 1. The van der Waals surface area contributed by atoms with E-state index in [1.807, 2.05) is 24.3 Å². The normalized spacial score (nSPS) is 24.3. The first-order chi connectivity index (χ1) is 8.68. The molecule has 0 heterocycles. The number of amides is 1. The highest BCUT2D eigenvalue weighted by atomic mass is 32.1. The second kappa shape index (κ2) is 6.28. The summed E-state index contributed by atoms with van der Waals surface area (Å²) in [7, 11) is 0. The number of hydrogen-bond donors (Lipinski definition) is 2. The van der Waals surface area contributed by atoms with Crippen LogP contribution in [-0.2, 0) is 0 Å². The van der Waals surface area contributed by atoms with Crippen molar-refractivity contribution < 1.29 is 4.79 Å². The van der Waals surface area contributed by atoms with Gasteiger partial charge in [-0.2, -0.15) is 0 Å². The van der Waals surface area contributed by atoms with Crippen LogP contribution in [0.2, 0.25) is 0 Å². The molecule has 2 nitrogen and oxygen atoms in total. The van der Waals surface area contributed by atoms with Gasteiger partial charge >= 0.3 is 0 Å². The Hall–Kier alpha value is -0.960. The van der Waals surface area contributed by atoms with Crippen LogP contribution in [0.25, 0.3) is 0 Å². The van der Waals surface area contributed by atoms with Crippen molar-refractivity contribution in [2.75, 3.05) is 0 Å². The van der Waals surface area contributed by atoms with Gasteiger partial charge in [0, 0.05) is 10.9 Å². The molecule has 1 saturated carbocycles. The van der Waals surface area contributed by atoms with E-state index in [2.05, 4.69) is 24.9 Å². The lowest BCUT2D eigenvalue weighted by atomic mass is 9.96. The average molecular weight is 263 g/mol. The third kappa shape index (κ3) is 3.29. The lowest BCUT2D eigenvalue weighted by Gasteiger charge is -2.23. The van der Waals surface area contributed by atoms with Gasteiger partial charge in [-0.3, -0.25) is 4.79 Å². The van der Waals surface area contributed by atoms with Crippen LogP contribution in [0, 0.1) is 5.92 Å². The van der Waals surface area contributed by atoms with Crippen molar-refractivity contribution in [2.24, 2.45) is 5.92 Å².